The first-order chi connectivity index (χ1) is 15.4. The highest BCUT2D eigenvalue weighted by Crippen LogP contribution is 2.33. The van der Waals surface area contributed by atoms with Crippen LogP contribution in [0, 0.1) is 18.6 Å². The van der Waals surface area contributed by atoms with Gasteiger partial charge < -0.3 is 9.47 Å². The minimum Gasteiger partial charge on any atom is -0.464 e. The van der Waals surface area contributed by atoms with Crippen LogP contribution >= 0.6 is 11.3 Å². The van der Waals surface area contributed by atoms with Crippen LogP contribution in [0.25, 0.3) is 5.69 Å². The van der Waals surface area contributed by atoms with Crippen LogP contribution in [0.4, 0.5) is 8.78 Å². The van der Waals surface area contributed by atoms with Gasteiger partial charge in [-0.2, -0.15) is 9.78 Å². The van der Waals surface area contributed by atoms with Crippen LogP contribution in [0.15, 0.2) is 53.6 Å². The zero-order valence-corrected chi connectivity index (χ0v) is 17.7. The highest BCUT2D eigenvalue weighted by atomic mass is 32.1. The van der Waals surface area contributed by atoms with E-state index in [1.54, 1.807) is 25.1 Å². The fraction of sp³-hybridized carbons (Fsp3) is 0.143. The summed E-state index contributed by atoms with van der Waals surface area (Å²) in [6.45, 7) is 1.61. The first-order valence-corrected chi connectivity index (χ1v) is 10.1. The number of thiazole rings is 1. The lowest BCUT2D eigenvalue weighted by Gasteiger charge is -2.07. The van der Waals surface area contributed by atoms with Gasteiger partial charge in [-0.15, -0.1) is 0 Å². The lowest BCUT2D eigenvalue weighted by Crippen LogP contribution is -2.24. The molecular weight excluding hydrogens is 442 g/mol. The summed E-state index contributed by atoms with van der Waals surface area (Å²) in [7, 11) is 1.23. The molecule has 4 rings (SSSR count). The van der Waals surface area contributed by atoms with Crippen molar-refractivity contribution in [3.05, 3.63) is 87.2 Å². The Balaban J connectivity index is 1.57. The number of nitrogens with zero attached hydrogens (tertiary/aromatic N) is 4. The van der Waals surface area contributed by atoms with E-state index in [-0.39, 0.29) is 28.1 Å². The molecule has 0 saturated heterocycles. The molecule has 8 nitrogen and oxygen atoms in total. The summed E-state index contributed by atoms with van der Waals surface area (Å²) in [6, 6.07) is 9.98. The maximum atomic E-state index is 14.7. The Morgan fingerprint density at radius 1 is 1.16 bits per heavy atom. The number of esters is 1. The van der Waals surface area contributed by atoms with Crippen molar-refractivity contribution < 1.29 is 23.0 Å². The number of hydrogen-bond donors (Lipinski definition) is 0. The molecule has 32 heavy (non-hydrogen) atoms. The van der Waals surface area contributed by atoms with Crippen molar-refractivity contribution in [2.24, 2.45) is 0 Å². The molecule has 0 spiro atoms. The number of carbonyl (C=O) groups excluding carboxylic acids is 1. The molecule has 0 unspecified atom stereocenters. The largest absolute Gasteiger partial charge is 0.464 e. The van der Waals surface area contributed by atoms with Gasteiger partial charge in [-0.25, -0.2) is 23.4 Å². The van der Waals surface area contributed by atoms with Crippen molar-refractivity contribution in [1.82, 2.24) is 19.3 Å². The predicted molar refractivity (Wildman–Crippen MR) is 112 cm³/mol. The van der Waals surface area contributed by atoms with E-state index in [1.165, 1.54) is 36.2 Å². The normalized spacial score (nSPS) is 10.9. The van der Waals surface area contributed by atoms with Crippen LogP contribution in [0.2, 0.25) is 0 Å². The van der Waals surface area contributed by atoms with E-state index >= 15 is 0 Å². The monoisotopic (exact) mass is 458 g/mol. The van der Waals surface area contributed by atoms with Crippen LogP contribution in [0.1, 0.15) is 21.1 Å². The van der Waals surface area contributed by atoms with Crippen molar-refractivity contribution in [2.75, 3.05) is 7.11 Å². The molecule has 11 heteroatoms. The van der Waals surface area contributed by atoms with Crippen molar-refractivity contribution in [2.45, 2.75) is 13.5 Å². The summed E-state index contributed by atoms with van der Waals surface area (Å²) in [5.41, 5.74) is 0.350. The standard InChI is InChI=1S/C21H16F2N4O4S/c1-12-20(32-18(25-12)19(28)30-2)31-17-8-7-14(9-16(17)23)27-21(29)26(11-24-27)10-13-5-3-4-6-15(13)22/h3-9,11H,10H2,1-2H3. The SMILES string of the molecule is COC(=O)c1nc(C)c(Oc2ccc(-n3ncn(Cc4ccccc4F)c3=O)cc2F)s1. The van der Waals surface area contributed by atoms with Crippen molar-refractivity contribution in [3.63, 3.8) is 0 Å². The van der Waals surface area contributed by atoms with E-state index in [9.17, 15) is 18.4 Å². The molecule has 0 radical (unpaired) electrons. The molecule has 2 heterocycles. The predicted octanol–water partition coefficient (Wildman–Crippen LogP) is 3.70. The van der Waals surface area contributed by atoms with Crippen LogP contribution in [0.5, 0.6) is 10.8 Å². The Morgan fingerprint density at radius 2 is 1.94 bits per heavy atom. The average molecular weight is 458 g/mol. The third-order valence-electron chi connectivity index (χ3n) is 4.51. The second-order valence-corrected chi connectivity index (χ2v) is 7.61. The van der Waals surface area contributed by atoms with E-state index in [0.29, 0.717) is 11.3 Å². The van der Waals surface area contributed by atoms with Crippen molar-refractivity contribution in [3.8, 4) is 16.5 Å². The first kappa shape index (κ1) is 21.4. The summed E-state index contributed by atoms with van der Waals surface area (Å²) in [5, 5.41) is 4.32. The molecule has 0 bridgehead atoms. The Hall–Kier alpha value is -3.86. The number of carbonyl (C=O) groups is 1. The Kier molecular flexibility index (Phi) is 5.82. The molecule has 164 valence electrons. The van der Waals surface area contributed by atoms with Gasteiger partial charge in [-0.05, 0) is 25.1 Å². The average Bonchev–Trinajstić information content (AvgIpc) is 3.33. The third-order valence-corrected chi connectivity index (χ3v) is 5.52. The number of hydrogen-bond acceptors (Lipinski definition) is 7. The van der Waals surface area contributed by atoms with Gasteiger partial charge in [0.2, 0.25) is 10.1 Å². The summed E-state index contributed by atoms with van der Waals surface area (Å²) < 4.78 is 41.0. The summed E-state index contributed by atoms with van der Waals surface area (Å²) >= 11 is 0.928. The molecule has 0 saturated carbocycles. The highest BCUT2D eigenvalue weighted by Gasteiger charge is 2.18. The molecule has 0 amide bonds. The van der Waals surface area contributed by atoms with Gasteiger partial charge in [-0.3, -0.25) is 4.57 Å². The molecule has 2 aromatic heterocycles. The molecule has 0 N–H and O–H groups in total. The fourth-order valence-corrected chi connectivity index (χ4v) is 3.74. The quantitative estimate of drug-likeness (QED) is 0.410. The molecular formula is C21H16F2N4O4S. The Morgan fingerprint density at radius 3 is 2.66 bits per heavy atom. The van der Waals surface area contributed by atoms with E-state index < -0.39 is 23.3 Å². The van der Waals surface area contributed by atoms with Gasteiger partial charge in [0, 0.05) is 11.6 Å². The van der Waals surface area contributed by atoms with E-state index in [0.717, 1.165) is 22.1 Å². The van der Waals surface area contributed by atoms with Crippen LogP contribution in [-0.2, 0) is 11.3 Å². The van der Waals surface area contributed by atoms with Crippen molar-refractivity contribution in [1.29, 1.82) is 0 Å². The summed E-state index contributed by atoms with van der Waals surface area (Å²) in [5.74, 6) is -1.91. The topological polar surface area (TPSA) is 88.2 Å². The van der Waals surface area contributed by atoms with Gasteiger partial charge in [0.15, 0.2) is 11.6 Å². The van der Waals surface area contributed by atoms with Gasteiger partial charge in [0.1, 0.15) is 12.1 Å². The molecule has 0 aliphatic heterocycles. The molecule has 0 atom stereocenters. The number of benzene rings is 2. The fourth-order valence-electron chi connectivity index (χ4n) is 2.89. The lowest BCUT2D eigenvalue weighted by molar-refractivity contribution is 0.0600. The number of methoxy groups -OCH3 is 1. The molecule has 0 aliphatic rings. The second kappa shape index (κ2) is 8.71. The van der Waals surface area contributed by atoms with E-state index in [2.05, 4.69) is 14.8 Å². The van der Waals surface area contributed by atoms with Gasteiger partial charge in [-0.1, -0.05) is 29.5 Å². The lowest BCUT2D eigenvalue weighted by atomic mass is 10.2. The molecule has 0 fully saturated rings. The number of aromatic nitrogens is 4. The Bertz CT molecular complexity index is 1360. The number of ether oxygens (including phenoxy) is 2. The summed E-state index contributed by atoms with van der Waals surface area (Å²) in [6.07, 6.45) is 1.26. The zero-order chi connectivity index (χ0) is 22.8. The molecule has 4 aromatic rings. The maximum absolute atomic E-state index is 14.7. The molecule has 2 aromatic carbocycles. The Labute approximate surface area is 184 Å². The smallest absolute Gasteiger partial charge is 0.367 e. The van der Waals surface area contributed by atoms with Gasteiger partial charge in [0.05, 0.1) is 25.0 Å². The highest BCUT2D eigenvalue weighted by molar-refractivity contribution is 7.15. The first-order valence-electron chi connectivity index (χ1n) is 9.28. The molecule has 0 aliphatic carbocycles. The number of halogens is 2. The van der Waals surface area contributed by atoms with Crippen LogP contribution < -0.4 is 10.4 Å². The van der Waals surface area contributed by atoms with E-state index in [1.807, 2.05) is 0 Å². The zero-order valence-electron chi connectivity index (χ0n) is 16.9. The van der Waals surface area contributed by atoms with Gasteiger partial charge in [0.25, 0.3) is 0 Å². The minimum absolute atomic E-state index is 0.0115. The minimum atomic E-state index is -0.745. The number of aryl methyl sites for hydroxylation is 1. The van der Waals surface area contributed by atoms with Crippen LogP contribution in [0.3, 0.4) is 0 Å². The number of rotatable bonds is 6. The van der Waals surface area contributed by atoms with Gasteiger partial charge >= 0.3 is 11.7 Å². The van der Waals surface area contributed by atoms with Crippen LogP contribution in [-0.4, -0.2) is 32.4 Å². The summed E-state index contributed by atoms with van der Waals surface area (Å²) in [4.78, 5) is 28.3. The third kappa shape index (κ3) is 4.14. The van der Waals surface area contributed by atoms with E-state index in [4.69, 9.17) is 4.74 Å². The van der Waals surface area contributed by atoms with Crippen molar-refractivity contribution >= 4 is 17.3 Å². The second-order valence-electron chi connectivity index (χ2n) is 6.64. The maximum Gasteiger partial charge on any atom is 0.367 e.